The van der Waals surface area contributed by atoms with E-state index in [1.807, 2.05) is 19.9 Å². The largest absolute Gasteiger partial charge is 0.445 e. The van der Waals surface area contributed by atoms with E-state index in [1.165, 1.54) is 6.07 Å². The van der Waals surface area contributed by atoms with E-state index in [9.17, 15) is 4.39 Å². The van der Waals surface area contributed by atoms with Gasteiger partial charge in [0.2, 0.25) is 5.89 Å². The van der Waals surface area contributed by atoms with Crippen LogP contribution in [0.3, 0.4) is 0 Å². The molecule has 0 radical (unpaired) electrons. The number of aryl methyl sites for hydroxylation is 1. The van der Waals surface area contributed by atoms with E-state index in [0.717, 1.165) is 12.2 Å². The number of rotatable bonds is 5. The molecular formula is C14H17FN2O. The summed E-state index contributed by atoms with van der Waals surface area (Å²) < 4.78 is 19.1. The molecule has 0 fully saturated rings. The highest BCUT2D eigenvalue weighted by molar-refractivity contribution is 5.21. The molecular weight excluding hydrogens is 231 g/mol. The third-order valence-corrected chi connectivity index (χ3v) is 2.86. The quantitative estimate of drug-likeness (QED) is 0.881. The number of oxazole rings is 1. The highest BCUT2D eigenvalue weighted by Gasteiger charge is 2.13. The second kappa shape index (κ2) is 5.78. The number of nitrogens with zero attached hydrogens (tertiary/aromatic N) is 1. The molecule has 1 aromatic carbocycles. The minimum Gasteiger partial charge on any atom is -0.445 e. The fourth-order valence-electron chi connectivity index (χ4n) is 1.93. The predicted molar refractivity (Wildman–Crippen MR) is 67.5 cm³/mol. The Hall–Kier alpha value is -1.68. The lowest BCUT2D eigenvalue weighted by Gasteiger charge is -2.16. The van der Waals surface area contributed by atoms with E-state index >= 15 is 0 Å². The summed E-state index contributed by atoms with van der Waals surface area (Å²) in [4.78, 5) is 4.12. The van der Waals surface area contributed by atoms with Gasteiger partial charge in [-0.15, -0.1) is 0 Å². The van der Waals surface area contributed by atoms with E-state index in [1.54, 1.807) is 18.3 Å². The molecule has 1 heterocycles. The Labute approximate surface area is 106 Å². The Bertz CT molecular complexity index is 510. The van der Waals surface area contributed by atoms with Gasteiger partial charge in [0.1, 0.15) is 11.6 Å². The monoisotopic (exact) mass is 248 g/mol. The average Bonchev–Trinajstić information content (AvgIpc) is 2.78. The summed E-state index contributed by atoms with van der Waals surface area (Å²) in [5.41, 5.74) is 0.684. The van der Waals surface area contributed by atoms with Crippen LogP contribution in [0.5, 0.6) is 0 Å². The first-order chi connectivity index (χ1) is 8.70. The summed E-state index contributed by atoms with van der Waals surface area (Å²) in [6, 6.07) is 6.80. The van der Waals surface area contributed by atoms with Crippen molar-refractivity contribution in [3.63, 3.8) is 0 Å². The molecule has 96 valence electrons. The Morgan fingerprint density at radius 2 is 2.17 bits per heavy atom. The van der Waals surface area contributed by atoms with Crippen LogP contribution in [0.1, 0.15) is 36.6 Å². The smallest absolute Gasteiger partial charge is 0.208 e. The van der Waals surface area contributed by atoms with Crippen LogP contribution in [-0.4, -0.2) is 4.98 Å². The van der Waals surface area contributed by atoms with E-state index in [0.29, 0.717) is 18.0 Å². The lowest BCUT2D eigenvalue weighted by molar-refractivity contribution is 0.413. The van der Waals surface area contributed by atoms with Gasteiger partial charge in [0.25, 0.3) is 0 Å². The number of nitrogens with one attached hydrogen (secondary N) is 1. The number of hydrogen-bond acceptors (Lipinski definition) is 3. The summed E-state index contributed by atoms with van der Waals surface area (Å²) >= 11 is 0. The second-order valence-corrected chi connectivity index (χ2v) is 4.23. The van der Waals surface area contributed by atoms with Gasteiger partial charge in [-0.3, -0.25) is 0 Å². The van der Waals surface area contributed by atoms with Crippen LogP contribution in [0.4, 0.5) is 4.39 Å². The molecule has 0 aliphatic rings. The topological polar surface area (TPSA) is 38.1 Å². The fraction of sp³-hybridized carbons (Fsp3) is 0.357. The Balaban J connectivity index is 2.04. The molecule has 18 heavy (non-hydrogen) atoms. The zero-order valence-corrected chi connectivity index (χ0v) is 10.6. The summed E-state index contributed by atoms with van der Waals surface area (Å²) in [5.74, 6) is 1.23. The maximum Gasteiger partial charge on any atom is 0.208 e. The van der Waals surface area contributed by atoms with Crippen molar-refractivity contribution in [2.75, 3.05) is 0 Å². The van der Waals surface area contributed by atoms with Crippen molar-refractivity contribution in [2.45, 2.75) is 32.9 Å². The van der Waals surface area contributed by atoms with Crippen molar-refractivity contribution in [1.82, 2.24) is 10.3 Å². The van der Waals surface area contributed by atoms with Crippen LogP contribution in [0, 0.1) is 12.7 Å². The van der Waals surface area contributed by atoms with Gasteiger partial charge in [-0.1, -0.05) is 25.1 Å². The predicted octanol–water partition coefficient (Wildman–Crippen LogP) is 3.36. The molecule has 0 aliphatic carbocycles. The molecule has 0 bridgehead atoms. The molecule has 2 rings (SSSR count). The van der Waals surface area contributed by atoms with Gasteiger partial charge < -0.3 is 9.73 Å². The average molecular weight is 248 g/mol. The van der Waals surface area contributed by atoms with E-state index in [-0.39, 0.29) is 11.9 Å². The maximum absolute atomic E-state index is 13.7. The van der Waals surface area contributed by atoms with Gasteiger partial charge in [0.05, 0.1) is 12.7 Å². The van der Waals surface area contributed by atoms with Gasteiger partial charge >= 0.3 is 0 Å². The van der Waals surface area contributed by atoms with Crippen molar-refractivity contribution in [1.29, 1.82) is 0 Å². The normalized spacial score (nSPS) is 12.6. The van der Waals surface area contributed by atoms with Crippen LogP contribution >= 0.6 is 0 Å². The first-order valence-corrected chi connectivity index (χ1v) is 6.09. The van der Waals surface area contributed by atoms with Crippen LogP contribution in [0.25, 0.3) is 0 Å². The van der Waals surface area contributed by atoms with Crippen LogP contribution in [-0.2, 0) is 6.54 Å². The summed E-state index contributed by atoms with van der Waals surface area (Å²) in [5, 5.41) is 3.26. The number of benzene rings is 1. The van der Waals surface area contributed by atoms with Crippen LogP contribution in [0.15, 0.2) is 34.9 Å². The Kier molecular flexibility index (Phi) is 4.10. The Morgan fingerprint density at radius 3 is 2.78 bits per heavy atom. The molecule has 0 amide bonds. The molecule has 0 saturated heterocycles. The standard InChI is InChI=1S/C14H17FN2O/c1-3-13(11-6-4-5-7-12(11)15)16-9-14-17-8-10(2)18-14/h4-8,13,16H,3,9H2,1-2H3. The lowest BCUT2D eigenvalue weighted by atomic mass is 10.0. The SMILES string of the molecule is CCC(NCc1ncc(C)o1)c1ccccc1F. The first-order valence-electron chi connectivity index (χ1n) is 6.09. The van der Waals surface area contributed by atoms with Gasteiger partial charge in [-0.2, -0.15) is 0 Å². The van der Waals surface area contributed by atoms with Crippen molar-refractivity contribution in [3.05, 3.63) is 53.5 Å². The highest BCUT2D eigenvalue weighted by Crippen LogP contribution is 2.20. The van der Waals surface area contributed by atoms with E-state index in [4.69, 9.17) is 4.42 Å². The highest BCUT2D eigenvalue weighted by atomic mass is 19.1. The van der Waals surface area contributed by atoms with Crippen LogP contribution in [0.2, 0.25) is 0 Å². The Morgan fingerprint density at radius 1 is 1.39 bits per heavy atom. The second-order valence-electron chi connectivity index (χ2n) is 4.23. The zero-order chi connectivity index (χ0) is 13.0. The minimum atomic E-state index is -0.180. The van der Waals surface area contributed by atoms with Crippen molar-refractivity contribution >= 4 is 0 Å². The van der Waals surface area contributed by atoms with Gasteiger partial charge in [0, 0.05) is 11.6 Å². The first kappa shape index (κ1) is 12.8. The van der Waals surface area contributed by atoms with Crippen molar-refractivity contribution in [2.24, 2.45) is 0 Å². The molecule has 1 N–H and O–H groups in total. The van der Waals surface area contributed by atoms with Gasteiger partial charge in [0.15, 0.2) is 0 Å². The van der Waals surface area contributed by atoms with Crippen LogP contribution < -0.4 is 5.32 Å². The number of aromatic nitrogens is 1. The summed E-state index contributed by atoms with van der Waals surface area (Å²) in [6.07, 6.45) is 2.49. The lowest BCUT2D eigenvalue weighted by Crippen LogP contribution is -2.21. The fourth-order valence-corrected chi connectivity index (χ4v) is 1.93. The van der Waals surface area contributed by atoms with Gasteiger partial charge in [-0.25, -0.2) is 9.37 Å². The number of hydrogen-bond donors (Lipinski definition) is 1. The van der Waals surface area contributed by atoms with E-state index < -0.39 is 0 Å². The summed E-state index contributed by atoms with van der Waals surface area (Å²) in [7, 11) is 0. The molecule has 0 saturated carbocycles. The molecule has 0 aliphatic heterocycles. The number of halogens is 1. The minimum absolute atomic E-state index is 0.0293. The van der Waals surface area contributed by atoms with E-state index in [2.05, 4.69) is 10.3 Å². The van der Waals surface area contributed by atoms with Crippen molar-refractivity contribution < 1.29 is 8.81 Å². The van der Waals surface area contributed by atoms with Crippen molar-refractivity contribution in [3.8, 4) is 0 Å². The molecule has 1 unspecified atom stereocenters. The maximum atomic E-state index is 13.7. The molecule has 1 aromatic heterocycles. The molecule has 0 spiro atoms. The molecule has 2 aromatic rings. The third kappa shape index (κ3) is 2.96. The molecule has 3 nitrogen and oxygen atoms in total. The van der Waals surface area contributed by atoms with Gasteiger partial charge in [-0.05, 0) is 19.4 Å². The third-order valence-electron chi connectivity index (χ3n) is 2.86. The zero-order valence-electron chi connectivity index (χ0n) is 10.6. The summed E-state index contributed by atoms with van der Waals surface area (Å²) in [6.45, 7) is 4.37. The molecule has 4 heteroatoms. The molecule has 1 atom stereocenters.